The Morgan fingerprint density at radius 2 is 1.60 bits per heavy atom. The standard InChI is InChI=1S/C25H22N2O3/c1-26-15-21(19-11-5-7-13-22(19)26)25(29)20-12-6-8-14-23(20)27(24(25)28)17-30-16-18-9-3-2-4-10-18/h2-15,29H,16-17H2,1H3/t25-/m1/s1. The van der Waals surface area contributed by atoms with Gasteiger partial charge in [0.2, 0.25) is 0 Å². The maximum atomic E-state index is 13.6. The number of ether oxygens (including phenoxy) is 1. The number of fused-ring (bicyclic) bond motifs is 2. The second-order valence-electron chi connectivity index (χ2n) is 7.59. The van der Waals surface area contributed by atoms with E-state index in [4.69, 9.17) is 4.74 Å². The van der Waals surface area contributed by atoms with Crippen molar-refractivity contribution in [1.29, 1.82) is 0 Å². The van der Waals surface area contributed by atoms with Crippen molar-refractivity contribution < 1.29 is 14.6 Å². The van der Waals surface area contributed by atoms with Crippen molar-refractivity contribution in [3.8, 4) is 0 Å². The Kier molecular flexibility index (Phi) is 4.42. The summed E-state index contributed by atoms with van der Waals surface area (Å²) >= 11 is 0. The number of hydrogen-bond acceptors (Lipinski definition) is 3. The maximum absolute atomic E-state index is 13.6. The van der Waals surface area contributed by atoms with E-state index >= 15 is 0 Å². The molecule has 2 heterocycles. The lowest BCUT2D eigenvalue weighted by Gasteiger charge is -2.23. The minimum atomic E-state index is -1.76. The molecule has 1 aliphatic rings. The molecule has 5 rings (SSSR count). The quantitative estimate of drug-likeness (QED) is 0.554. The van der Waals surface area contributed by atoms with Crippen LogP contribution in [-0.4, -0.2) is 22.3 Å². The highest BCUT2D eigenvalue weighted by molar-refractivity contribution is 6.11. The van der Waals surface area contributed by atoms with E-state index < -0.39 is 11.5 Å². The van der Waals surface area contributed by atoms with E-state index in [2.05, 4.69) is 0 Å². The molecule has 0 bridgehead atoms. The first-order chi connectivity index (χ1) is 14.6. The van der Waals surface area contributed by atoms with E-state index in [1.807, 2.05) is 96.7 Å². The van der Waals surface area contributed by atoms with Gasteiger partial charge in [0.15, 0.2) is 5.60 Å². The summed E-state index contributed by atoms with van der Waals surface area (Å²) in [7, 11) is 1.92. The number of aryl methyl sites for hydroxylation is 1. The molecule has 1 aromatic heterocycles. The molecule has 0 saturated heterocycles. The van der Waals surface area contributed by atoms with Gasteiger partial charge in [0.05, 0.1) is 12.3 Å². The van der Waals surface area contributed by atoms with E-state index in [-0.39, 0.29) is 6.73 Å². The SMILES string of the molecule is Cn1cc([C@@]2(O)C(=O)N(COCc3ccccc3)c3ccccc32)c2ccccc21. The number of rotatable bonds is 5. The first-order valence-electron chi connectivity index (χ1n) is 9.91. The molecule has 0 aliphatic carbocycles. The van der Waals surface area contributed by atoms with Gasteiger partial charge in [-0.3, -0.25) is 9.69 Å². The zero-order valence-corrected chi connectivity index (χ0v) is 16.7. The van der Waals surface area contributed by atoms with Crippen LogP contribution in [0.25, 0.3) is 10.9 Å². The molecule has 0 unspecified atom stereocenters. The summed E-state index contributed by atoms with van der Waals surface area (Å²) in [6.07, 6.45) is 1.84. The summed E-state index contributed by atoms with van der Waals surface area (Å²) in [6.45, 7) is 0.456. The predicted molar refractivity (Wildman–Crippen MR) is 116 cm³/mol. The Balaban J connectivity index is 1.53. The van der Waals surface area contributed by atoms with Crippen LogP contribution >= 0.6 is 0 Å². The molecule has 150 valence electrons. The van der Waals surface area contributed by atoms with Crippen LogP contribution in [0, 0.1) is 0 Å². The van der Waals surface area contributed by atoms with Gasteiger partial charge in [-0.15, -0.1) is 0 Å². The molecule has 4 aromatic rings. The van der Waals surface area contributed by atoms with E-state index in [1.165, 1.54) is 4.90 Å². The zero-order chi connectivity index (χ0) is 20.7. The van der Waals surface area contributed by atoms with Gasteiger partial charge in [0, 0.05) is 35.3 Å². The van der Waals surface area contributed by atoms with Gasteiger partial charge in [-0.05, 0) is 17.7 Å². The lowest BCUT2D eigenvalue weighted by atomic mass is 9.87. The number of anilines is 1. The van der Waals surface area contributed by atoms with Gasteiger partial charge < -0.3 is 14.4 Å². The molecule has 30 heavy (non-hydrogen) atoms. The highest BCUT2D eigenvalue weighted by atomic mass is 16.5. The van der Waals surface area contributed by atoms with E-state index in [0.29, 0.717) is 23.4 Å². The minimum Gasteiger partial charge on any atom is -0.372 e. The zero-order valence-electron chi connectivity index (χ0n) is 16.7. The van der Waals surface area contributed by atoms with Crippen LogP contribution in [0.15, 0.2) is 85.1 Å². The van der Waals surface area contributed by atoms with E-state index in [0.717, 1.165) is 16.5 Å². The molecule has 3 aromatic carbocycles. The Labute approximate surface area is 174 Å². The summed E-state index contributed by atoms with van der Waals surface area (Å²) < 4.78 is 7.78. The number of hydrogen-bond donors (Lipinski definition) is 1. The third kappa shape index (κ3) is 2.75. The largest absolute Gasteiger partial charge is 0.372 e. The Morgan fingerprint density at radius 1 is 0.900 bits per heavy atom. The van der Waals surface area contributed by atoms with Crippen molar-refractivity contribution in [3.63, 3.8) is 0 Å². The molecule has 0 radical (unpaired) electrons. The van der Waals surface area contributed by atoms with Gasteiger partial charge in [-0.1, -0.05) is 66.7 Å². The molecule has 1 atom stereocenters. The number of para-hydroxylation sites is 2. The van der Waals surface area contributed by atoms with Gasteiger partial charge >= 0.3 is 0 Å². The fourth-order valence-electron chi connectivity index (χ4n) is 4.28. The molecular formula is C25H22N2O3. The van der Waals surface area contributed by atoms with Crippen LogP contribution in [0.4, 0.5) is 5.69 Å². The summed E-state index contributed by atoms with van der Waals surface area (Å²) in [5, 5.41) is 12.7. The van der Waals surface area contributed by atoms with Crippen LogP contribution in [-0.2, 0) is 28.8 Å². The topological polar surface area (TPSA) is 54.7 Å². The van der Waals surface area contributed by atoms with Crippen LogP contribution in [0.1, 0.15) is 16.7 Å². The van der Waals surface area contributed by atoms with Crippen molar-refractivity contribution in [2.45, 2.75) is 12.2 Å². The van der Waals surface area contributed by atoms with E-state index in [1.54, 1.807) is 0 Å². The third-order valence-electron chi connectivity index (χ3n) is 5.76. The second kappa shape index (κ2) is 7.13. The van der Waals surface area contributed by atoms with Crippen LogP contribution in [0.3, 0.4) is 0 Å². The summed E-state index contributed by atoms with van der Waals surface area (Å²) in [4.78, 5) is 15.1. The van der Waals surface area contributed by atoms with Crippen LogP contribution in [0.2, 0.25) is 0 Å². The normalized spacial score (nSPS) is 18.2. The van der Waals surface area contributed by atoms with Crippen LogP contribution in [0.5, 0.6) is 0 Å². The molecule has 5 heteroatoms. The number of benzene rings is 3. The minimum absolute atomic E-state index is 0.0673. The maximum Gasteiger partial charge on any atom is 0.270 e. The molecule has 1 aliphatic heterocycles. The highest BCUT2D eigenvalue weighted by Crippen LogP contribution is 2.46. The average molecular weight is 398 g/mol. The van der Waals surface area contributed by atoms with Crippen molar-refractivity contribution in [2.75, 3.05) is 11.6 Å². The number of carbonyl (C=O) groups excluding carboxylic acids is 1. The Bertz CT molecular complexity index is 1230. The first-order valence-corrected chi connectivity index (χ1v) is 9.91. The summed E-state index contributed by atoms with van der Waals surface area (Å²) in [5.74, 6) is -0.395. The van der Waals surface area contributed by atoms with Gasteiger partial charge in [0.25, 0.3) is 5.91 Å². The molecule has 5 nitrogen and oxygen atoms in total. The lowest BCUT2D eigenvalue weighted by molar-refractivity contribution is -0.133. The number of aromatic nitrogens is 1. The molecular weight excluding hydrogens is 376 g/mol. The number of aliphatic hydroxyl groups is 1. The molecule has 0 saturated carbocycles. The number of amides is 1. The van der Waals surface area contributed by atoms with Gasteiger partial charge in [0.1, 0.15) is 6.73 Å². The highest BCUT2D eigenvalue weighted by Gasteiger charge is 2.52. The van der Waals surface area contributed by atoms with Crippen molar-refractivity contribution >= 4 is 22.5 Å². The number of nitrogens with zero attached hydrogens (tertiary/aromatic N) is 2. The Hall–Kier alpha value is -3.41. The van der Waals surface area contributed by atoms with Crippen LogP contribution < -0.4 is 4.90 Å². The van der Waals surface area contributed by atoms with Crippen molar-refractivity contribution in [3.05, 3.63) is 102 Å². The van der Waals surface area contributed by atoms with Crippen molar-refractivity contribution in [2.24, 2.45) is 7.05 Å². The smallest absolute Gasteiger partial charge is 0.270 e. The molecule has 1 amide bonds. The monoisotopic (exact) mass is 398 g/mol. The third-order valence-corrected chi connectivity index (χ3v) is 5.76. The average Bonchev–Trinajstić information content (AvgIpc) is 3.23. The fraction of sp³-hybridized carbons (Fsp3) is 0.160. The Morgan fingerprint density at radius 3 is 2.43 bits per heavy atom. The van der Waals surface area contributed by atoms with Crippen molar-refractivity contribution in [1.82, 2.24) is 4.57 Å². The molecule has 1 N–H and O–H groups in total. The summed E-state index contributed by atoms with van der Waals surface area (Å²) in [5.41, 5.74) is 2.07. The first kappa shape index (κ1) is 18.6. The molecule has 0 fully saturated rings. The summed E-state index contributed by atoms with van der Waals surface area (Å²) in [6, 6.07) is 25.0. The lowest BCUT2D eigenvalue weighted by Crippen LogP contribution is -2.42. The predicted octanol–water partition coefficient (Wildman–Crippen LogP) is 3.94. The fourth-order valence-corrected chi connectivity index (χ4v) is 4.28. The van der Waals surface area contributed by atoms with Gasteiger partial charge in [-0.25, -0.2) is 0 Å². The second-order valence-corrected chi connectivity index (χ2v) is 7.59. The van der Waals surface area contributed by atoms with Gasteiger partial charge in [-0.2, -0.15) is 0 Å². The number of carbonyl (C=O) groups is 1. The molecule has 0 spiro atoms. The van der Waals surface area contributed by atoms with E-state index in [9.17, 15) is 9.90 Å².